The number of hydrogen-bond acceptors (Lipinski definition) is 5. The summed E-state index contributed by atoms with van der Waals surface area (Å²) in [7, 11) is 1.64. The van der Waals surface area contributed by atoms with Crippen LogP contribution in [0.1, 0.15) is 31.1 Å². The highest BCUT2D eigenvalue weighted by atomic mass is 32.1. The maximum absolute atomic E-state index is 12.0. The maximum atomic E-state index is 12.0. The molecule has 1 aliphatic rings. The molecule has 0 spiro atoms. The van der Waals surface area contributed by atoms with Gasteiger partial charge in [-0.05, 0) is 48.9 Å². The lowest BCUT2D eigenvalue weighted by Crippen LogP contribution is -2.32. The van der Waals surface area contributed by atoms with E-state index in [4.69, 9.17) is 13.9 Å². The van der Waals surface area contributed by atoms with Crippen molar-refractivity contribution in [3.05, 3.63) is 34.0 Å². The second kappa shape index (κ2) is 8.34. The molecule has 2 heterocycles. The van der Waals surface area contributed by atoms with E-state index in [2.05, 4.69) is 4.58 Å². The van der Waals surface area contributed by atoms with Crippen molar-refractivity contribution < 1.29 is 18.7 Å². The lowest BCUT2D eigenvalue weighted by atomic mass is 10.1. The van der Waals surface area contributed by atoms with Crippen LogP contribution in [0.3, 0.4) is 0 Å². The van der Waals surface area contributed by atoms with E-state index in [1.165, 1.54) is 19.3 Å². The minimum absolute atomic E-state index is 0.223. The molecule has 0 saturated carbocycles. The predicted octanol–water partition coefficient (Wildman–Crippen LogP) is 3.08. The van der Waals surface area contributed by atoms with Crippen molar-refractivity contribution in [2.24, 2.45) is 0 Å². The number of benzene rings is 1. The zero-order valence-electron chi connectivity index (χ0n) is 14.7. The summed E-state index contributed by atoms with van der Waals surface area (Å²) in [5.41, 5.74) is 0.944. The highest BCUT2D eigenvalue weighted by molar-refractivity contribution is 7.09. The standard InChI is InChI=1S/C19H24NO4S/c1-3-23-17(21)13-16-18(14-7-9-15(22-2)10-8-14)24-19(25-16)20-11-5-4-6-12-20/h7-10H,3-6,11-13H2,1-2H3/q+1. The van der Waals surface area contributed by atoms with Gasteiger partial charge < -0.3 is 13.9 Å². The van der Waals surface area contributed by atoms with Crippen LogP contribution in [-0.4, -0.2) is 32.8 Å². The van der Waals surface area contributed by atoms with Crippen LogP contribution in [0, 0.1) is 0 Å². The van der Waals surface area contributed by atoms with Gasteiger partial charge in [-0.15, -0.1) is 0 Å². The van der Waals surface area contributed by atoms with E-state index in [9.17, 15) is 4.79 Å². The molecule has 0 bridgehead atoms. The van der Waals surface area contributed by atoms with Gasteiger partial charge >= 0.3 is 10.8 Å². The lowest BCUT2D eigenvalue weighted by molar-refractivity contribution is -0.142. The molecule has 0 radical (unpaired) electrons. The Labute approximate surface area is 151 Å². The van der Waals surface area contributed by atoms with Gasteiger partial charge in [-0.3, -0.25) is 4.79 Å². The summed E-state index contributed by atoms with van der Waals surface area (Å²) in [5, 5.41) is 0. The average molecular weight is 362 g/mol. The molecule has 5 nitrogen and oxygen atoms in total. The summed E-state index contributed by atoms with van der Waals surface area (Å²) in [5.74, 6) is 1.32. The quantitative estimate of drug-likeness (QED) is 0.606. The van der Waals surface area contributed by atoms with Crippen molar-refractivity contribution in [3.8, 4) is 17.1 Å². The lowest BCUT2D eigenvalue weighted by Gasteiger charge is -2.06. The van der Waals surface area contributed by atoms with Crippen molar-refractivity contribution in [2.45, 2.75) is 32.6 Å². The van der Waals surface area contributed by atoms with Gasteiger partial charge in [0.25, 0.3) is 0 Å². The monoisotopic (exact) mass is 362 g/mol. The molecular weight excluding hydrogens is 338 g/mol. The SMILES string of the molecule is CCOC(=O)Cc1sc(=[N+]2CCCCC2)oc1-c1ccc(OC)cc1. The normalized spacial score (nSPS) is 14.4. The number of esters is 1. The largest absolute Gasteiger partial charge is 0.497 e. The molecule has 0 N–H and O–H groups in total. The summed E-state index contributed by atoms with van der Waals surface area (Å²) in [6.07, 6.45) is 3.86. The molecule has 1 aromatic heterocycles. The number of rotatable bonds is 5. The van der Waals surface area contributed by atoms with E-state index in [0.29, 0.717) is 6.61 Å². The Morgan fingerprint density at radius 3 is 2.56 bits per heavy atom. The minimum atomic E-state index is -0.223. The molecule has 2 aromatic rings. The number of hydrogen-bond donors (Lipinski definition) is 0. The molecule has 0 atom stereocenters. The van der Waals surface area contributed by atoms with Crippen LogP contribution < -0.4 is 14.2 Å². The summed E-state index contributed by atoms with van der Waals surface area (Å²) in [6, 6.07) is 7.71. The third-order valence-corrected chi connectivity index (χ3v) is 5.32. The van der Waals surface area contributed by atoms with Crippen molar-refractivity contribution in [2.75, 3.05) is 26.8 Å². The molecule has 25 heavy (non-hydrogen) atoms. The van der Waals surface area contributed by atoms with E-state index < -0.39 is 0 Å². The van der Waals surface area contributed by atoms with Gasteiger partial charge in [-0.2, -0.15) is 4.58 Å². The van der Waals surface area contributed by atoms with Crippen LogP contribution >= 0.6 is 11.3 Å². The summed E-state index contributed by atoms with van der Waals surface area (Å²) < 4.78 is 18.8. The smallest absolute Gasteiger partial charge is 0.430 e. The topological polar surface area (TPSA) is 51.7 Å². The Balaban J connectivity index is 2.01. The third kappa shape index (κ3) is 4.31. The third-order valence-electron chi connectivity index (χ3n) is 4.23. The number of carbonyl (C=O) groups is 1. The summed E-state index contributed by atoms with van der Waals surface area (Å²) >= 11 is 1.55. The van der Waals surface area contributed by atoms with E-state index >= 15 is 0 Å². The molecule has 1 aliphatic heterocycles. The van der Waals surface area contributed by atoms with Crippen molar-refractivity contribution in [3.63, 3.8) is 0 Å². The first-order valence-corrected chi connectivity index (χ1v) is 9.53. The van der Waals surface area contributed by atoms with Crippen LogP contribution in [0.25, 0.3) is 11.3 Å². The van der Waals surface area contributed by atoms with E-state index in [0.717, 1.165) is 39.9 Å². The average Bonchev–Trinajstić information content (AvgIpc) is 3.06. The molecule has 1 aromatic carbocycles. The first kappa shape index (κ1) is 17.7. The van der Waals surface area contributed by atoms with Crippen LogP contribution in [0.15, 0.2) is 28.7 Å². The van der Waals surface area contributed by atoms with E-state index in [-0.39, 0.29) is 12.4 Å². The zero-order valence-corrected chi connectivity index (χ0v) is 15.6. The van der Waals surface area contributed by atoms with Crippen molar-refractivity contribution >= 4 is 17.3 Å². The number of carbonyl (C=O) groups excluding carboxylic acids is 1. The molecule has 0 unspecified atom stereocenters. The second-order valence-corrected chi connectivity index (χ2v) is 7.03. The second-order valence-electron chi connectivity index (χ2n) is 5.98. The first-order chi connectivity index (χ1) is 12.2. The van der Waals surface area contributed by atoms with E-state index in [1.807, 2.05) is 31.2 Å². The van der Waals surface area contributed by atoms with Crippen LogP contribution in [0.2, 0.25) is 0 Å². The molecule has 134 valence electrons. The molecule has 1 saturated heterocycles. The maximum Gasteiger partial charge on any atom is 0.430 e. The Morgan fingerprint density at radius 2 is 1.92 bits per heavy atom. The van der Waals surface area contributed by atoms with Gasteiger partial charge in [0.2, 0.25) is 0 Å². The fourth-order valence-electron chi connectivity index (χ4n) is 2.94. The number of methoxy groups -OCH3 is 1. The number of nitrogens with zero attached hydrogens (tertiary/aromatic N) is 1. The summed E-state index contributed by atoms with van der Waals surface area (Å²) in [6.45, 7) is 4.22. The fraction of sp³-hybridized carbons (Fsp3) is 0.474. The molecule has 6 heteroatoms. The van der Waals surface area contributed by atoms with E-state index in [1.54, 1.807) is 18.4 Å². The highest BCUT2D eigenvalue weighted by Crippen LogP contribution is 2.28. The first-order valence-electron chi connectivity index (χ1n) is 8.72. The summed E-state index contributed by atoms with van der Waals surface area (Å²) in [4.78, 5) is 13.8. The molecule has 0 amide bonds. The minimum Gasteiger partial charge on any atom is -0.497 e. The van der Waals surface area contributed by atoms with Gasteiger partial charge in [0.1, 0.15) is 18.8 Å². The Bertz CT molecular complexity index is 781. The van der Waals surface area contributed by atoms with Gasteiger partial charge in [-0.25, -0.2) is 0 Å². The fourth-order valence-corrected chi connectivity index (χ4v) is 4.03. The molecular formula is C19H24NO4S+. The van der Waals surface area contributed by atoms with Crippen LogP contribution in [0.4, 0.5) is 0 Å². The Kier molecular flexibility index (Phi) is 5.91. The van der Waals surface area contributed by atoms with Gasteiger partial charge in [-0.1, -0.05) is 0 Å². The predicted molar refractivity (Wildman–Crippen MR) is 97.8 cm³/mol. The van der Waals surface area contributed by atoms with Crippen molar-refractivity contribution in [1.82, 2.24) is 4.58 Å². The van der Waals surface area contributed by atoms with Crippen LogP contribution in [-0.2, 0) is 16.0 Å². The zero-order chi connectivity index (χ0) is 17.6. The Hall–Kier alpha value is -2.08. The molecule has 0 aliphatic carbocycles. The molecule has 3 rings (SSSR count). The Morgan fingerprint density at radius 1 is 1.20 bits per heavy atom. The number of ether oxygens (including phenoxy) is 2. The van der Waals surface area contributed by atoms with Crippen LogP contribution in [0.5, 0.6) is 5.75 Å². The van der Waals surface area contributed by atoms with Gasteiger partial charge in [0, 0.05) is 18.4 Å². The number of piperidine rings is 1. The highest BCUT2D eigenvalue weighted by Gasteiger charge is 2.21. The molecule has 1 fully saturated rings. The van der Waals surface area contributed by atoms with Gasteiger partial charge in [0.15, 0.2) is 5.76 Å². The van der Waals surface area contributed by atoms with Crippen molar-refractivity contribution in [1.29, 1.82) is 0 Å². The van der Waals surface area contributed by atoms with Gasteiger partial charge in [0.05, 0.1) is 25.0 Å².